The average Bonchev–Trinajstić information content (AvgIpc) is 2.39. The second-order valence-corrected chi connectivity index (χ2v) is 5.59. The molecule has 0 saturated carbocycles. The van der Waals surface area contributed by atoms with Crippen LogP contribution in [0.15, 0.2) is 12.1 Å². The molecule has 0 aromatic carbocycles. The standard InChI is InChI=1S/C11H16ClN3OS/c12-9-1-2-11(15-13)14-10(9)7-17-8-3-5-16-6-4-8/h1-2,8H,3-7,13H2,(H,14,15). The van der Waals surface area contributed by atoms with Gasteiger partial charge in [0.2, 0.25) is 0 Å². The van der Waals surface area contributed by atoms with Gasteiger partial charge in [-0.25, -0.2) is 10.8 Å². The van der Waals surface area contributed by atoms with E-state index in [2.05, 4.69) is 10.4 Å². The number of hydrogen-bond acceptors (Lipinski definition) is 5. The van der Waals surface area contributed by atoms with Gasteiger partial charge in [-0.1, -0.05) is 11.6 Å². The first-order valence-electron chi connectivity index (χ1n) is 5.61. The van der Waals surface area contributed by atoms with E-state index in [1.807, 2.05) is 17.8 Å². The molecule has 0 bridgehead atoms. The minimum absolute atomic E-state index is 0.649. The average molecular weight is 274 g/mol. The largest absolute Gasteiger partial charge is 0.381 e. The third kappa shape index (κ3) is 3.74. The Labute approximate surface area is 110 Å². The van der Waals surface area contributed by atoms with E-state index in [4.69, 9.17) is 22.2 Å². The maximum atomic E-state index is 6.10. The molecule has 1 aromatic rings. The number of nitrogen functional groups attached to an aromatic ring is 1. The van der Waals surface area contributed by atoms with Crippen LogP contribution in [0.5, 0.6) is 0 Å². The highest BCUT2D eigenvalue weighted by atomic mass is 35.5. The van der Waals surface area contributed by atoms with Crippen molar-refractivity contribution >= 4 is 29.2 Å². The first-order valence-corrected chi connectivity index (χ1v) is 7.03. The molecular weight excluding hydrogens is 258 g/mol. The number of nitrogens with zero attached hydrogens (tertiary/aromatic N) is 1. The number of rotatable bonds is 4. The first-order chi connectivity index (χ1) is 8.29. The van der Waals surface area contributed by atoms with Crippen LogP contribution in [0.25, 0.3) is 0 Å². The Morgan fingerprint density at radius 3 is 2.94 bits per heavy atom. The molecule has 0 unspecified atom stereocenters. The van der Waals surface area contributed by atoms with E-state index in [0.717, 1.165) is 37.5 Å². The van der Waals surface area contributed by atoms with E-state index < -0.39 is 0 Å². The molecule has 2 heterocycles. The van der Waals surface area contributed by atoms with E-state index in [1.165, 1.54) is 0 Å². The Hall–Kier alpha value is -0.490. The third-order valence-electron chi connectivity index (χ3n) is 2.69. The minimum Gasteiger partial charge on any atom is -0.381 e. The lowest BCUT2D eigenvalue weighted by Gasteiger charge is -2.21. The lowest BCUT2D eigenvalue weighted by molar-refractivity contribution is 0.1000. The van der Waals surface area contributed by atoms with Crippen LogP contribution in [0.4, 0.5) is 5.82 Å². The van der Waals surface area contributed by atoms with Crippen molar-refractivity contribution in [2.75, 3.05) is 18.6 Å². The molecule has 0 aliphatic carbocycles. The van der Waals surface area contributed by atoms with Gasteiger partial charge < -0.3 is 10.2 Å². The zero-order valence-corrected chi connectivity index (χ0v) is 11.1. The predicted molar refractivity (Wildman–Crippen MR) is 72.2 cm³/mol. The quantitative estimate of drug-likeness (QED) is 0.652. The molecule has 1 saturated heterocycles. The molecule has 1 fully saturated rings. The molecule has 1 aromatic heterocycles. The smallest absolute Gasteiger partial charge is 0.140 e. The first kappa shape index (κ1) is 13.0. The number of hydrazine groups is 1. The van der Waals surface area contributed by atoms with Crippen molar-refractivity contribution in [1.29, 1.82) is 0 Å². The van der Waals surface area contributed by atoms with Crippen molar-refractivity contribution in [3.63, 3.8) is 0 Å². The molecule has 3 N–H and O–H groups in total. The molecule has 1 aliphatic heterocycles. The van der Waals surface area contributed by atoms with Crippen LogP contribution in [0.2, 0.25) is 5.02 Å². The summed E-state index contributed by atoms with van der Waals surface area (Å²) in [5, 5.41) is 1.35. The highest BCUT2D eigenvalue weighted by molar-refractivity contribution is 7.99. The van der Waals surface area contributed by atoms with Gasteiger partial charge >= 0.3 is 0 Å². The molecular formula is C11H16ClN3OS. The summed E-state index contributed by atoms with van der Waals surface area (Å²) in [7, 11) is 0. The summed E-state index contributed by atoms with van der Waals surface area (Å²) < 4.78 is 5.33. The van der Waals surface area contributed by atoms with E-state index >= 15 is 0 Å². The van der Waals surface area contributed by atoms with Gasteiger partial charge in [-0.15, -0.1) is 0 Å². The highest BCUT2D eigenvalue weighted by Crippen LogP contribution is 2.28. The van der Waals surface area contributed by atoms with Crippen molar-refractivity contribution in [1.82, 2.24) is 4.98 Å². The van der Waals surface area contributed by atoms with Crippen molar-refractivity contribution in [2.24, 2.45) is 5.84 Å². The summed E-state index contributed by atoms with van der Waals surface area (Å²) >= 11 is 7.99. The molecule has 4 nitrogen and oxygen atoms in total. The van der Waals surface area contributed by atoms with E-state index in [9.17, 15) is 0 Å². The van der Waals surface area contributed by atoms with E-state index in [0.29, 0.717) is 16.1 Å². The molecule has 0 spiro atoms. The van der Waals surface area contributed by atoms with Crippen molar-refractivity contribution in [3.8, 4) is 0 Å². The van der Waals surface area contributed by atoms with Gasteiger partial charge in [0.1, 0.15) is 5.82 Å². The van der Waals surface area contributed by atoms with E-state index in [-0.39, 0.29) is 0 Å². The maximum absolute atomic E-state index is 6.10. The molecule has 0 radical (unpaired) electrons. The van der Waals surface area contributed by atoms with Crippen LogP contribution in [0.3, 0.4) is 0 Å². The second-order valence-electron chi connectivity index (χ2n) is 3.89. The molecule has 0 amide bonds. The summed E-state index contributed by atoms with van der Waals surface area (Å²) in [6.45, 7) is 1.73. The Bertz CT molecular complexity index is 372. The normalized spacial score (nSPS) is 17.1. The van der Waals surface area contributed by atoms with Crippen molar-refractivity contribution in [3.05, 3.63) is 22.8 Å². The van der Waals surface area contributed by atoms with Gasteiger partial charge in [0.05, 0.1) is 10.7 Å². The fourth-order valence-electron chi connectivity index (χ4n) is 1.71. The number of aromatic nitrogens is 1. The third-order valence-corrected chi connectivity index (χ3v) is 4.42. The Morgan fingerprint density at radius 2 is 2.24 bits per heavy atom. The van der Waals surface area contributed by atoms with Crippen LogP contribution in [-0.2, 0) is 10.5 Å². The van der Waals surface area contributed by atoms with Crippen LogP contribution < -0.4 is 11.3 Å². The molecule has 1 aliphatic rings. The van der Waals surface area contributed by atoms with Crippen LogP contribution >= 0.6 is 23.4 Å². The molecule has 6 heteroatoms. The number of thioether (sulfide) groups is 1. The number of anilines is 1. The van der Waals surface area contributed by atoms with Gasteiger partial charge in [0.25, 0.3) is 0 Å². The van der Waals surface area contributed by atoms with Gasteiger partial charge in [0, 0.05) is 24.2 Å². The number of nitrogens with two attached hydrogens (primary N) is 1. The summed E-state index contributed by atoms with van der Waals surface area (Å²) in [5.74, 6) is 6.80. The minimum atomic E-state index is 0.649. The molecule has 2 rings (SSSR count). The number of nitrogens with one attached hydrogen (secondary N) is 1. The summed E-state index contributed by atoms with van der Waals surface area (Å²) in [5.41, 5.74) is 3.42. The van der Waals surface area contributed by atoms with Gasteiger partial charge in [-0.3, -0.25) is 0 Å². The summed E-state index contributed by atoms with van der Waals surface area (Å²) in [4.78, 5) is 4.36. The topological polar surface area (TPSA) is 60.2 Å². The van der Waals surface area contributed by atoms with Crippen LogP contribution in [-0.4, -0.2) is 23.4 Å². The van der Waals surface area contributed by atoms with Crippen LogP contribution in [0, 0.1) is 0 Å². The fourth-order valence-corrected chi connectivity index (χ4v) is 3.10. The highest BCUT2D eigenvalue weighted by Gasteiger charge is 2.15. The lowest BCUT2D eigenvalue weighted by atomic mass is 10.2. The maximum Gasteiger partial charge on any atom is 0.140 e. The SMILES string of the molecule is NNc1ccc(Cl)c(CSC2CCOCC2)n1. The van der Waals surface area contributed by atoms with Crippen molar-refractivity contribution in [2.45, 2.75) is 23.8 Å². The molecule has 17 heavy (non-hydrogen) atoms. The molecule has 0 atom stereocenters. The number of pyridine rings is 1. The summed E-state index contributed by atoms with van der Waals surface area (Å²) in [6.07, 6.45) is 2.22. The Balaban J connectivity index is 1.92. The van der Waals surface area contributed by atoms with Gasteiger partial charge in [-0.2, -0.15) is 11.8 Å². The number of hydrogen-bond donors (Lipinski definition) is 2. The predicted octanol–water partition coefficient (Wildman–Crippen LogP) is 2.43. The zero-order valence-electron chi connectivity index (χ0n) is 9.49. The van der Waals surface area contributed by atoms with Crippen molar-refractivity contribution < 1.29 is 4.74 Å². The summed E-state index contributed by atoms with van der Waals surface area (Å²) in [6, 6.07) is 3.59. The monoisotopic (exact) mass is 273 g/mol. The number of ether oxygens (including phenoxy) is 1. The van der Waals surface area contributed by atoms with E-state index in [1.54, 1.807) is 6.07 Å². The number of halogens is 1. The second kappa shape index (κ2) is 6.44. The van der Waals surface area contributed by atoms with Gasteiger partial charge in [-0.05, 0) is 25.0 Å². The lowest BCUT2D eigenvalue weighted by Crippen LogP contribution is -2.17. The Kier molecular flexibility index (Phi) is 4.91. The zero-order chi connectivity index (χ0) is 12.1. The fraction of sp³-hybridized carbons (Fsp3) is 0.545. The Morgan fingerprint density at radius 1 is 1.47 bits per heavy atom. The van der Waals surface area contributed by atoms with Crippen LogP contribution in [0.1, 0.15) is 18.5 Å². The van der Waals surface area contributed by atoms with Gasteiger partial charge in [0.15, 0.2) is 0 Å². The molecule has 94 valence electrons.